The molecule has 0 aliphatic heterocycles. The summed E-state index contributed by atoms with van der Waals surface area (Å²) in [6.07, 6.45) is 92.2. The van der Waals surface area contributed by atoms with Gasteiger partial charge in [0.05, 0.1) is 0 Å². The van der Waals surface area contributed by atoms with Gasteiger partial charge in [-0.1, -0.05) is 235 Å². The molecule has 1 atom stereocenters. The molecule has 6 nitrogen and oxygen atoms in total. The van der Waals surface area contributed by atoms with Crippen molar-refractivity contribution < 1.29 is 28.6 Å². The Morgan fingerprint density at radius 3 is 0.827 bits per heavy atom. The van der Waals surface area contributed by atoms with Crippen LogP contribution >= 0.6 is 0 Å². The van der Waals surface area contributed by atoms with Gasteiger partial charge in [-0.05, 0) is 141 Å². The number of carbonyl (C=O) groups is 3. The minimum Gasteiger partial charge on any atom is -0.462 e. The summed E-state index contributed by atoms with van der Waals surface area (Å²) in [7, 11) is 0. The van der Waals surface area contributed by atoms with Gasteiger partial charge >= 0.3 is 17.9 Å². The van der Waals surface area contributed by atoms with Crippen LogP contribution in [-0.4, -0.2) is 37.2 Å². The van der Waals surface area contributed by atoms with Crippen LogP contribution in [0.2, 0.25) is 0 Å². The molecule has 0 amide bonds. The zero-order valence-electron chi connectivity index (χ0n) is 47.5. The van der Waals surface area contributed by atoms with Crippen molar-refractivity contribution in [3.8, 4) is 0 Å². The molecule has 0 aliphatic carbocycles. The molecule has 0 aromatic rings. The fourth-order valence-electron chi connectivity index (χ4n) is 7.08. The minimum atomic E-state index is -0.820. The number of ether oxygens (including phenoxy) is 3. The van der Waals surface area contributed by atoms with E-state index < -0.39 is 6.10 Å². The Balaban J connectivity index is 4.27. The Morgan fingerprint density at radius 1 is 0.280 bits per heavy atom. The Bertz CT molecular complexity index is 1800. The molecule has 0 spiro atoms. The largest absolute Gasteiger partial charge is 0.462 e. The molecule has 0 fully saturated rings. The number of rotatable bonds is 50. The number of esters is 3. The minimum absolute atomic E-state index is 0.115. The molecule has 6 heteroatoms. The number of hydrogen-bond donors (Lipinski definition) is 0. The first kappa shape index (κ1) is 69.5. The molecule has 0 aromatic carbocycles. The average molecular weight is 1030 g/mol. The van der Waals surface area contributed by atoms with Crippen molar-refractivity contribution in [2.45, 2.75) is 219 Å². The highest BCUT2D eigenvalue weighted by Crippen LogP contribution is 2.11. The van der Waals surface area contributed by atoms with Gasteiger partial charge in [-0.15, -0.1) is 0 Å². The van der Waals surface area contributed by atoms with Crippen LogP contribution < -0.4 is 0 Å². The number of allylic oxidation sites excluding steroid dienone is 30. The van der Waals surface area contributed by atoms with E-state index >= 15 is 0 Å². The van der Waals surface area contributed by atoms with Crippen molar-refractivity contribution in [3.05, 3.63) is 182 Å². The van der Waals surface area contributed by atoms with Gasteiger partial charge in [0.1, 0.15) is 13.2 Å². The van der Waals surface area contributed by atoms with Crippen LogP contribution in [0.3, 0.4) is 0 Å². The van der Waals surface area contributed by atoms with Crippen molar-refractivity contribution >= 4 is 17.9 Å². The predicted octanol–water partition coefficient (Wildman–Crippen LogP) is 20.1. The predicted molar refractivity (Wildman–Crippen MR) is 324 cm³/mol. The first-order valence-corrected chi connectivity index (χ1v) is 29.3. The Hall–Kier alpha value is -5.49. The third-order valence-electron chi connectivity index (χ3n) is 11.4. The summed E-state index contributed by atoms with van der Waals surface area (Å²) in [6.45, 7) is 6.23. The molecule has 0 heterocycles. The van der Waals surface area contributed by atoms with Crippen LogP contribution in [0.1, 0.15) is 213 Å². The van der Waals surface area contributed by atoms with Crippen LogP contribution in [0.5, 0.6) is 0 Å². The standard InChI is InChI=1S/C69H104O6/c1-4-7-10-13-15-17-19-21-23-25-27-28-29-30-31-32-33-34-35-36-37-38-39-40-42-43-45-47-49-51-53-56-59-62-68(71)74-65-66(64-73-67(70)61-58-55-12-9-6-3)75-69(72)63-60-57-54-52-50-48-46-44-41-26-24-22-20-18-16-14-11-8-5-2/h7-8,10-11,15-18,21-24,27-28,30-31,33-34,36-37,39-41,43-45,48-51,66H,4-6,9,12-14,19-20,25-26,29,32,35,38,42,46-47,52-65H2,1-3H3/b10-7-,11-8-,17-15-,18-16-,23-21-,24-22-,28-27-,31-30-,34-33-,37-36-,40-39-,44-41-,45-43-,50-48-,51-49-. The summed E-state index contributed by atoms with van der Waals surface area (Å²) in [6, 6.07) is 0. The van der Waals surface area contributed by atoms with Gasteiger partial charge in [0.25, 0.3) is 0 Å². The van der Waals surface area contributed by atoms with Crippen molar-refractivity contribution in [1.29, 1.82) is 0 Å². The van der Waals surface area contributed by atoms with Gasteiger partial charge in [-0.3, -0.25) is 14.4 Å². The lowest BCUT2D eigenvalue weighted by Crippen LogP contribution is -2.30. The lowest BCUT2D eigenvalue weighted by atomic mass is 10.1. The lowest BCUT2D eigenvalue weighted by Gasteiger charge is -2.18. The monoisotopic (exact) mass is 1030 g/mol. The Morgan fingerprint density at radius 2 is 0.520 bits per heavy atom. The summed E-state index contributed by atoms with van der Waals surface area (Å²) in [5.41, 5.74) is 0. The number of hydrogen-bond acceptors (Lipinski definition) is 6. The number of carbonyl (C=O) groups excluding carboxylic acids is 3. The van der Waals surface area contributed by atoms with Gasteiger partial charge < -0.3 is 14.2 Å². The van der Waals surface area contributed by atoms with E-state index in [4.69, 9.17) is 14.2 Å². The van der Waals surface area contributed by atoms with Crippen LogP contribution in [0, 0.1) is 0 Å². The highest BCUT2D eigenvalue weighted by Gasteiger charge is 2.19. The first-order valence-electron chi connectivity index (χ1n) is 29.3. The topological polar surface area (TPSA) is 78.9 Å². The molecule has 75 heavy (non-hydrogen) atoms. The van der Waals surface area contributed by atoms with E-state index in [0.717, 1.165) is 161 Å². The van der Waals surface area contributed by atoms with Gasteiger partial charge in [-0.25, -0.2) is 0 Å². The molecular weight excluding hydrogens is 925 g/mol. The molecular formula is C69H104O6. The van der Waals surface area contributed by atoms with Crippen LogP contribution in [0.15, 0.2) is 182 Å². The Labute approximate surface area is 459 Å². The smallest absolute Gasteiger partial charge is 0.306 e. The molecule has 0 rings (SSSR count). The Kier molecular flexibility index (Phi) is 56.6. The molecule has 0 aliphatic rings. The summed E-state index contributed by atoms with van der Waals surface area (Å²) >= 11 is 0. The molecule has 0 aromatic heterocycles. The summed E-state index contributed by atoms with van der Waals surface area (Å²) in [4.78, 5) is 37.8. The average Bonchev–Trinajstić information content (AvgIpc) is 3.41. The second kappa shape index (κ2) is 61.1. The highest BCUT2D eigenvalue weighted by atomic mass is 16.6. The van der Waals surface area contributed by atoms with Gasteiger partial charge in [-0.2, -0.15) is 0 Å². The van der Waals surface area contributed by atoms with Gasteiger partial charge in [0.2, 0.25) is 0 Å². The van der Waals surface area contributed by atoms with E-state index in [9.17, 15) is 14.4 Å². The van der Waals surface area contributed by atoms with E-state index in [1.165, 1.54) is 0 Å². The number of unbranched alkanes of at least 4 members (excludes halogenated alkanes) is 9. The first-order chi connectivity index (χ1) is 37.0. The fraction of sp³-hybridized carbons (Fsp3) is 0.522. The van der Waals surface area contributed by atoms with Crippen LogP contribution in [0.25, 0.3) is 0 Å². The van der Waals surface area contributed by atoms with Gasteiger partial charge in [0, 0.05) is 19.3 Å². The molecule has 0 saturated carbocycles. The van der Waals surface area contributed by atoms with E-state index in [1.54, 1.807) is 0 Å². The van der Waals surface area contributed by atoms with E-state index in [2.05, 4.69) is 203 Å². The van der Waals surface area contributed by atoms with Crippen LogP contribution in [0.4, 0.5) is 0 Å². The molecule has 1 unspecified atom stereocenters. The zero-order chi connectivity index (χ0) is 54.3. The van der Waals surface area contributed by atoms with Crippen LogP contribution in [-0.2, 0) is 28.6 Å². The lowest BCUT2D eigenvalue weighted by molar-refractivity contribution is -0.167. The maximum absolute atomic E-state index is 12.8. The van der Waals surface area contributed by atoms with E-state index in [-0.39, 0.29) is 44.0 Å². The van der Waals surface area contributed by atoms with Crippen molar-refractivity contribution in [3.63, 3.8) is 0 Å². The van der Waals surface area contributed by atoms with Gasteiger partial charge in [0.15, 0.2) is 6.10 Å². The summed E-state index contributed by atoms with van der Waals surface area (Å²) in [5, 5.41) is 0. The SMILES string of the molecule is CC/C=C\C/C=C\C/C=C\C/C=C\C/C=C\C/C=C\C/C=C\C/C=C\C/C=C\C/C=C\CCCCC(=O)OCC(COC(=O)CCCCCCC)OC(=O)CCCCC/C=C\C/C=C\C/C=C\C/C=C\C/C=C\CC. The highest BCUT2D eigenvalue weighted by molar-refractivity contribution is 5.71. The second-order valence-corrected chi connectivity index (χ2v) is 18.4. The zero-order valence-corrected chi connectivity index (χ0v) is 47.5. The molecule has 0 N–H and O–H groups in total. The third kappa shape index (κ3) is 59.3. The maximum Gasteiger partial charge on any atom is 0.306 e. The molecule has 0 radical (unpaired) electrons. The van der Waals surface area contributed by atoms with E-state index in [0.29, 0.717) is 19.3 Å². The molecule has 416 valence electrons. The molecule has 0 bridgehead atoms. The molecule has 0 saturated heterocycles. The third-order valence-corrected chi connectivity index (χ3v) is 11.4. The summed E-state index contributed by atoms with van der Waals surface area (Å²) < 4.78 is 16.6. The van der Waals surface area contributed by atoms with Crippen molar-refractivity contribution in [2.24, 2.45) is 0 Å². The van der Waals surface area contributed by atoms with Crippen molar-refractivity contribution in [2.75, 3.05) is 13.2 Å². The van der Waals surface area contributed by atoms with Crippen molar-refractivity contribution in [1.82, 2.24) is 0 Å². The normalized spacial score (nSPS) is 13.5. The van der Waals surface area contributed by atoms with E-state index in [1.807, 2.05) is 0 Å². The second-order valence-electron chi connectivity index (χ2n) is 18.4. The summed E-state index contributed by atoms with van der Waals surface area (Å²) in [5.74, 6) is -1.02. The quantitative estimate of drug-likeness (QED) is 0.0261. The maximum atomic E-state index is 12.8. The fourth-order valence-corrected chi connectivity index (χ4v) is 7.08.